The molecule has 0 heterocycles. The van der Waals surface area contributed by atoms with Crippen LogP contribution in [0, 0.1) is 11.8 Å². The van der Waals surface area contributed by atoms with Crippen LogP contribution in [0.4, 0.5) is 0 Å². The molecule has 420 valence electrons. The number of ether oxygens (including phenoxy) is 2. The fourth-order valence-corrected chi connectivity index (χ4v) is 10.1. The van der Waals surface area contributed by atoms with Crippen molar-refractivity contribution in [2.24, 2.45) is 11.8 Å². The predicted molar refractivity (Wildman–Crippen MR) is 305 cm³/mol. The van der Waals surface area contributed by atoms with Crippen LogP contribution in [0.2, 0.25) is 0 Å². The Kier molecular flexibility index (Phi) is 61.4. The van der Waals surface area contributed by atoms with Crippen molar-refractivity contribution in [3.63, 3.8) is 0 Å². The topological polar surface area (TPSA) is 96.3 Å². The second-order valence-corrected chi connectivity index (χ2v) is 21.8. The van der Waals surface area contributed by atoms with Crippen LogP contribution in [0.25, 0.3) is 0 Å². The Morgan fingerprint density at radius 1 is 0.429 bits per heavy atom. The van der Waals surface area contributed by atoms with E-state index in [4.69, 9.17) is 9.47 Å². The summed E-state index contributed by atoms with van der Waals surface area (Å²) in [5.41, 5.74) is 0. The van der Waals surface area contributed by atoms with Crippen LogP contribution in [-0.2, 0) is 19.1 Å². The number of hydrogen-bond acceptors (Lipinski definition) is 7. The highest BCUT2D eigenvalue weighted by molar-refractivity contribution is 5.72. The van der Waals surface area contributed by atoms with Gasteiger partial charge in [0.05, 0.1) is 31.3 Å². The van der Waals surface area contributed by atoms with Crippen molar-refractivity contribution < 1.29 is 29.3 Å². The van der Waals surface area contributed by atoms with Crippen molar-refractivity contribution in [1.82, 2.24) is 4.90 Å². The molecule has 0 fully saturated rings. The number of nitrogens with zero attached hydrogens (tertiary/aromatic N) is 1. The van der Waals surface area contributed by atoms with Gasteiger partial charge in [0.2, 0.25) is 0 Å². The highest BCUT2D eigenvalue weighted by Gasteiger charge is 2.25. The average Bonchev–Trinajstić information content (AvgIpc) is 3.37. The van der Waals surface area contributed by atoms with E-state index in [1.54, 1.807) is 7.11 Å². The van der Waals surface area contributed by atoms with Crippen molar-refractivity contribution in [3.05, 3.63) is 0 Å². The van der Waals surface area contributed by atoms with Crippen molar-refractivity contribution in [3.8, 4) is 0 Å². The zero-order chi connectivity index (χ0) is 51.6. The number of unbranched alkanes of at least 4 members (excludes halogenated alkanes) is 34. The van der Waals surface area contributed by atoms with E-state index in [-0.39, 0.29) is 24.5 Å². The number of esters is 1. The van der Waals surface area contributed by atoms with Gasteiger partial charge in [-0.25, -0.2) is 0 Å². The molecule has 0 aromatic carbocycles. The van der Waals surface area contributed by atoms with Gasteiger partial charge in [0.25, 0.3) is 0 Å². The summed E-state index contributed by atoms with van der Waals surface area (Å²) in [4.78, 5) is 26.3. The molecule has 7 heteroatoms. The summed E-state index contributed by atoms with van der Waals surface area (Å²) < 4.78 is 11.1. The van der Waals surface area contributed by atoms with E-state index in [2.05, 4.69) is 39.5 Å². The van der Waals surface area contributed by atoms with E-state index >= 15 is 0 Å². The molecule has 0 spiro atoms. The molecule has 0 amide bonds. The Morgan fingerprint density at radius 3 is 1.11 bits per heavy atom. The van der Waals surface area contributed by atoms with Crippen LogP contribution in [0.5, 0.6) is 0 Å². The fourth-order valence-electron chi connectivity index (χ4n) is 10.1. The summed E-state index contributed by atoms with van der Waals surface area (Å²) in [7, 11) is 1.76. The molecule has 0 saturated carbocycles. The van der Waals surface area contributed by atoms with Crippen molar-refractivity contribution in [1.29, 1.82) is 0 Å². The van der Waals surface area contributed by atoms with E-state index < -0.39 is 6.10 Å². The highest BCUT2D eigenvalue weighted by atomic mass is 16.5. The highest BCUT2D eigenvalue weighted by Crippen LogP contribution is 2.22. The number of methoxy groups -OCH3 is 1. The molecule has 0 aliphatic heterocycles. The summed E-state index contributed by atoms with van der Waals surface area (Å²) >= 11 is 0. The van der Waals surface area contributed by atoms with Crippen LogP contribution in [0.1, 0.15) is 330 Å². The Balaban J connectivity index is 0. The van der Waals surface area contributed by atoms with E-state index in [1.165, 1.54) is 199 Å². The van der Waals surface area contributed by atoms with Gasteiger partial charge in [-0.15, -0.1) is 0 Å². The maximum atomic E-state index is 13.0. The average molecular weight is 995 g/mol. The molecule has 7 nitrogen and oxygen atoms in total. The van der Waals surface area contributed by atoms with Gasteiger partial charge in [0.15, 0.2) is 0 Å². The van der Waals surface area contributed by atoms with Gasteiger partial charge in [-0.3, -0.25) is 9.69 Å². The van der Waals surface area contributed by atoms with E-state index in [0.717, 1.165) is 122 Å². The van der Waals surface area contributed by atoms with Gasteiger partial charge in [0.1, 0.15) is 6.29 Å². The van der Waals surface area contributed by atoms with Crippen LogP contribution in [-0.4, -0.2) is 79.5 Å². The number of aliphatic hydroxyl groups excluding tert-OH is 2. The van der Waals surface area contributed by atoms with E-state index in [9.17, 15) is 19.8 Å². The third-order valence-electron chi connectivity index (χ3n) is 15.0. The number of aliphatic hydroxyl groups is 2. The predicted octanol–water partition coefficient (Wildman–Crippen LogP) is 18.7. The standard InChI is InChI=1S/C47H95NO5.C16H32O/c1-5-8-11-14-16-17-18-19-20-21-22-24-31-38-46(50)45(43-49)48(39-32-25-27-34-41-52-4)40-33-26-28-35-42-53-47(51)44(36-29-13-10-7-3)37-30-23-15-12-9-6-2;1-3-5-7-9-10-12-14-16(15-17)13-11-8-6-4-2/h44-46,49-50H,5-43H2,1-4H3;15-16H,3-14H2,1-2H3. The molecule has 4 unspecified atom stereocenters. The Labute approximate surface area is 438 Å². The lowest BCUT2D eigenvalue weighted by atomic mass is 9.94. The summed E-state index contributed by atoms with van der Waals surface area (Å²) in [5, 5.41) is 21.6. The normalized spacial score (nSPS) is 13.3. The molecule has 0 radical (unpaired) electrons. The number of hydrogen-bond donors (Lipinski definition) is 2. The molecule has 0 aromatic heterocycles. The summed E-state index contributed by atoms with van der Waals surface area (Å²) in [6, 6.07) is -0.187. The maximum Gasteiger partial charge on any atom is 0.308 e. The van der Waals surface area contributed by atoms with Gasteiger partial charge in [-0.2, -0.15) is 0 Å². The number of rotatable bonds is 57. The minimum atomic E-state index is -0.480. The third-order valence-corrected chi connectivity index (χ3v) is 15.0. The molecule has 0 bridgehead atoms. The SMILES string of the molecule is CCCCCCCCC(C=O)CCCCCC.CCCCCCCCCCCCCCCC(O)C(CO)N(CCCCCCOC)CCCCCCOC(=O)C(CCCCCC)CCCCCCCC. The molecule has 0 aliphatic carbocycles. The molecule has 0 aromatic rings. The monoisotopic (exact) mass is 994 g/mol. The third kappa shape index (κ3) is 50.5. The molecule has 0 rings (SSSR count). The van der Waals surface area contributed by atoms with Crippen LogP contribution in [0.15, 0.2) is 0 Å². The van der Waals surface area contributed by atoms with E-state index in [0.29, 0.717) is 12.5 Å². The Bertz CT molecular complexity index is 996. The minimum absolute atomic E-state index is 0.0115. The molecule has 0 saturated heterocycles. The lowest BCUT2D eigenvalue weighted by molar-refractivity contribution is -0.149. The Hall–Kier alpha value is -1.02. The largest absolute Gasteiger partial charge is 0.465 e. The molecule has 2 N–H and O–H groups in total. The van der Waals surface area contributed by atoms with E-state index in [1.807, 2.05) is 0 Å². The molecule has 4 atom stereocenters. The summed E-state index contributed by atoms with van der Waals surface area (Å²) in [5.74, 6) is 0.454. The lowest BCUT2D eigenvalue weighted by Gasteiger charge is -2.34. The van der Waals surface area contributed by atoms with Gasteiger partial charge in [-0.1, -0.05) is 272 Å². The zero-order valence-corrected chi connectivity index (χ0v) is 48.4. The summed E-state index contributed by atoms with van der Waals surface area (Å²) in [6.45, 7) is 14.4. The quantitative estimate of drug-likeness (QED) is 0.0356. The first-order chi connectivity index (χ1) is 34.4. The Morgan fingerprint density at radius 2 is 0.743 bits per heavy atom. The maximum absolute atomic E-state index is 13.0. The summed E-state index contributed by atoms with van der Waals surface area (Å²) in [6.07, 6.45) is 57.0. The number of carbonyl (C=O) groups excluding carboxylic acids is 2. The minimum Gasteiger partial charge on any atom is -0.465 e. The van der Waals surface area contributed by atoms with Gasteiger partial charge in [0, 0.05) is 19.6 Å². The number of aldehydes is 1. The molecular weight excluding hydrogens is 867 g/mol. The second kappa shape index (κ2) is 60.5. The lowest BCUT2D eigenvalue weighted by Crippen LogP contribution is -2.47. The van der Waals surface area contributed by atoms with Crippen LogP contribution in [0.3, 0.4) is 0 Å². The van der Waals surface area contributed by atoms with Gasteiger partial charge >= 0.3 is 5.97 Å². The van der Waals surface area contributed by atoms with Gasteiger partial charge < -0.3 is 24.5 Å². The molecule has 70 heavy (non-hydrogen) atoms. The molecular formula is C63H127NO6. The molecule has 0 aliphatic rings. The number of carbonyl (C=O) groups is 2. The first kappa shape index (κ1) is 71.1. The smallest absolute Gasteiger partial charge is 0.308 e. The van der Waals surface area contributed by atoms with Crippen molar-refractivity contribution in [2.75, 3.05) is 40.0 Å². The van der Waals surface area contributed by atoms with Crippen molar-refractivity contribution >= 4 is 12.3 Å². The fraction of sp³-hybridized carbons (Fsp3) is 0.968. The first-order valence-corrected chi connectivity index (χ1v) is 31.5. The van der Waals surface area contributed by atoms with Crippen molar-refractivity contribution in [2.45, 2.75) is 342 Å². The zero-order valence-electron chi connectivity index (χ0n) is 48.4. The van der Waals surface area contributed by atoms with Crippen LogP contribution < -0.4 is 0 Å². The first-order valence-electron chi connectivity index (χ1n) is 31.5. The second-order valence-electron chi connectivity index (χ2n) is 21.8. The van der Waals surface area contributed by atoms with Crippen LogP contribution >= 0.6 is 0 Å². The van der Waals surface area contributed by atoms with Gasteiger partial charge in [-0.05, 0) is 70.9 Å².